The average molecular weight is 343 g/mol. The van der Waals surface area contributed by atoms with Gasteiger partial charge in [-0.15, -0.1) is 23.7 Å². The van der Waals surface area contributed by atoms with Crippen LogP contribution in [0.5, 0.6) is 0 Å². The summed E-state index contributed by atoms with van der Waals surface area (Å²) >= 11 is 1.85. The summed E-state index contributed by atoms with van der Waals surface area (Å²) in [6, 6.07) is 4.40. The third-order valence-electron chi connectivity index (χ3n) is 5.12. The van der Waals surface area contributed by atoms with Gasteiger partial charge < -0.3 is 10.6 Å². The first-order valence-corrected chi connectivity index (χ1v) is 9.21. The SMILES string of the molecule is Cl.O=C(NCC1(c2cccs2)CCCCC1)C1CCCNC1. The monoisotopic (exact) mass is 342 g/mol. The Morgan fingerprint density at radius 1 is 1.32 bits per heavy atom. The summed E-state index contributed by atoms with van der Waals surface area (Å²) in [6.07, 6.45) is 8.51. The van der Waals surface area contributed by atoms with Crippen LogP contribution in [0, 0.1) is 5.92 Å². The molecule has 1 saturated heterocycles. The summed E-state index contributed by atoms with van der Waals surface area (Å²) in [6.45, 7) is 2.73. The highest BCUT2D eigenvalue weighted by atomic mass is 35.5. The predicted molar refractivity (Wildman–Crippen MR) is 94.9 cm³/mol. The third kappa shape index (κ3) is 4.03. The molecule has 0 spiro atoms. The van der Waals surface area contributed by atoms with E-state index in [4.69, 9.17) is 0 Å². The van der Waals surface area contributed by atoms with Crippen molar-refractivity contribution in [2.24, 2.45) is 5.92 Å². The van der Waals surface area contributed by atoms with Gasteiger partial charge in [-0.25, -0.2) is 0 Å². The highest BCUT2D eigenvalue weighted by Crippen LogP contribution is 2.41. The fourth-order valence-electron chi connectivity index (χ4n) is 3.80. The van der Waals surface area contributed by atoms with E-state index in [1.165, 1.54) is 37.0 Å². The van der Waals surface area contributed by atoms with Gasteiger partial charge in [-0.05, 0) is 43.7 Å². The van der Waals surface area contributed by atoms with Crippen LogP contribution in [0.3, 0.4) is 0 Å². The molecule has 2 heterocycles. The van der Waals surface area contributed by atoms with Gasteiger partial charge in [-0.2, -0.15) is 0 Å². The number of halogens is 1. The van der Waals surface area contributed by atoms with E-state index in [-0.39, 0.29) is 29.6 Å². The van der Waals surface area contributed by atoms with Crippen LogP contribution in [0.1, 0.15) is 49.8 Å². The van der Waals surface area contributed by atoms with Gasteiger partial charge in [0.25, 0.3) is 0 Å². The van der Waals surface area contributed by atoms with Gasteiger partial charge in [0.15, 0.2) is 0 Å². The second kappa shape index (κ2) is 8.32. The Morgan fingerprint density at radius 3 is 2.77 bits per heavy atom. The molecule has 0 aromatic carbocycles. The van der Waals surface area contributed by atoms with Crippen molar-refractivity contribution in [3.05, 3.63) is 22.4 Å². The van der Waals surface area contributed by atoms with Crippen LogP contribution in [0.15, 0.2) is 17.5 Å². The Hall–Kier alpha value is -0.580. The Bertz CT molecular complexity index is 451. The third-order valence-corrected chi connectivity index (χ3v) is 6.24. The molecule has 0 radical (unpaired) electrons. The minimum atomic E-state index is 0. The van der Waals surface area contributed by atoms with Crippen molar-refractivity contribution in [3.63, 3.8) is 0 Å². The minimum Gasteiger partial charge on any atom is -0.355 e. The molecule has 1 saturated carbocycles. The zero-order valence-electron chi connectivity index (χ0n) is 13.1. The Kier molecular flexibility index (Phi) is 6.72. The molecule has 5 heteroatoms. The first-order valence-electron chi connectivity index (χ1n) is 8.33. The first-order chi connectivity index (χ1) is 10.3. The molecule has 2 N–H and O–H groups in total. The second-order valence-electron chi connectivity index (χ2n) is 6.58. The standard InChI is InChI=1S/C17H26N2OS.ClH/c20-16(14-6-4-10-18-12-14)19-13-17(8-2-1-3-9-17)15-7-5-11-21-15;/h5,7,11,14,18H,1-4,6,8-10,12-13H2,(H,19,20);1H. The van der Waals surface area contributed by atoms with E-state index in [2.05, 4.69) is 28.1 Å². The summed E-state index contributed by atoms with van der Waals surface area (Å²) in [4.78, 5) is 13.9. The largest absolute Gasteiger partial charge is 0.355 e. The smallest absolute Gasteiger partial charge is 0.224 e. The number of nitrogens with one attached hydrogen (secondary N) is 2. The van der Waals surface area contributed by atoms with Crippen molar-refractivity contribution in [2.45, 2.75) is 50.4 Å². The zero-order chi connectivity index (χ0) is 14.5. The quantitative estimate of drug-likeness (QED) is 0.879. The minimum absolute atomic E-state index is 0. The molecule has 3 rings (SSSR count). The van der Waals surface area contributed by atoms with Crippen molar-refractivity contribution >= 4 is 29.7 Å². The Labute approximate surface area is 143 Å². The van der Waals surface area contributed by atoms with E-state index in [0.717, 1.165) is 32.5 Å². The molecular formula is C17H27ClN2OS. The molecule has 22 heavy (non-hydrogen) atoms. The van der Waals surface area contributed by atoms with Crippen LogP contribution in [0.25, 0.3) is 0 Å². The lowest BCUT2D eigenvalue weighted by Crippen LogP contribution is -2.46. The number of hydrogen-bond donors (Lipinski definition) is 2. The highest BCUT2D eigenvalue weighted by molar-refractivity contribution is 7.10. The van der Waals surface area contributed by atoms with Gasteiger partial charge >= 0.3 is 0 Å². The summed E-state index contributed by atoms with van der Waals surface area (Å²) in [5.74, 6) is 0.423. The van der Waals surface area contributed by atoms with Crippen molar-refractivity contribution in [1.82, 2.24) is 10.6 Å². The van der Waals surface area contributed by atoms with E-state index in [1.54, 1.807) is 0 Å². The van der Waals surface area contributed by atoms with Gasteiger partial charge in [0.05, 0.1) is 5.92 Å². The maximum atomic E-state index is 12.4. The summed E-state index contributed by atoms with van der Waals surface area (Å²) in [5, 5.41) is 8.78. The van der Waals surface area contributed by atoms with E-state index < -0.39 is 0 Å². The van der Waals surface area contributed by atoms with Crippen molar-refractivity contribution in [2.75, 3.05) is 19.6 Å². The van der Waals surface area contributed by atoms with Crippen molar-refractivity contribution in [3.8, 4) is 0 Å². The lowest BCUT2D eigenvalue weighted by molar-refractivity contribution is -0.125. The predicted octanol–water partition coefficient (Wildman–Crippen LogP) is 3.49. The van der Waals surface area contributed by atoms with Gasteiger partial charge in [-0.1, -0.05) is 25.3 Å². The molecule has 1 atom stereocenters. The van der Waals surface area contributed by atoms with Crippen LogP contribution >= 0.6 is 23.7 Å². The van der Waals surface area contributed by atoms with E-state index in [9.17, 15) is 4.79 Å². The number of carbonyl (C=O) groups excluding carboxylic acids is 1. The zero-order valence-corrected chi connectivity index (χ0v) is 14.7. The molecule has 124 valence electrons. The van der Waals surface area contributed by atoms with Gasteiger partial charge in [0.2, 0.25) is 5.91 Å². The summed E-state index contributed by atoms with van der Waals surface area (Å²) < 4.78 is 0. The molecule has 2 fully saturated rings. The molecular weight excluding hydrogens is 316 g/mol. The lowest BCUT2D eigenvalue weighted by Gasteiger charge is -2.37. The van der Waals surface area contributed by atoms with Gasteiger partial charge in [0.1, 0.15) is 0 Å². The number of piperidine rings is 1. The number of thiophene rings is 1. The first kappa shape index (κ1) is 17.8. The normalized spacial score (nSPS) is 24.3. The maximum Gasteiger partial charge on any atom is 0.224 e. The molecule has 1 aliphatic carbocycles. The molecule has 1 unspecified atom stereocenters. The molecule has 1 aliphatic heterocycles. The number of rotatable bonds is 4. The van der Waals surface area contributed by atoms with Gasteiger partial charge in [0, 0.05) is 23.4 Å². The van der Waals surface area contributed by atoms with Crippen LogP contribution in [0.4, 0.5) is 0 Å². The molecule has 0 bridgehead atoms. The number of hydrogen-bond acceptors (Lipinski definition) is 3. The number of amides is 1. The van der Waals surface area contributed by atoms with Crippen LogP contribution in [-0.2, 0) is 10.2 Å². The van der Waals surface area contributed by atoms with Crippen molar-refractivity contribution < 1.29 is 4.79 Å². The molecule has 1 aromatic heterocycles. The van der Waals surface area contributed by atoms with Gasteiger partial charge in [-0.3, -0.25) is 4.79 Å². The second-order valence-corrected chi connectivity index (χ2v) is 7.53. The van der Waals surface area contributed by atoms with Crippen LogP contribution in [-0.4, -0.2) is 25.5 Å². The Morgan fingerprint density at radius 2 is 2.14 bits per heavy atom. The molecule has 1 aromatic rings. The maximum absolute atomic E-state index is 12.4. The summed E-state index contributed by atoms with van der Waals surface area (Å²) in [7, 11) is 0. The van der Waals surface area contributed by atoms with E-state index in [1.807, 2.05) is 11.3 Å². The molecule has 1 amide bonds. The van der Waals surface area contributed by atoms with E-state index >= 15 is 0 Å². The van der Waals surface area contributed by atoms with Crippen LogP contribution < -0.4 is 10.6 Å². The van der Waals surface area contributed by atoms with Crippen molar-refractivity contribution in [1.29, 1.82) is 0 Å². The fourth-order valence-corrected chi connectivity index (χ4v) is 4.78. The topological polar surface area (TPSA) is 41.1 Å². The fraction of sp³-hybridized carbons (Fsp3) is 0.706. The van der Waals surface area contributed by atoms with E-state index in [0.29, 0.717) is 0 Å². The lowest BCUT2D eigenvalue weighted by atomic mass is 9.73. The Balaban J connectivity index is 0.00000176. The molecule has 3 nitrogen and oxygen atoms in total. The molecule has 2 aliphatic rings. The average Bonchev–Trinajstić information content (AvgIpc) is 3.09. The summed E-state index contributed by atoms with van der Waals surface area (Å²) in [5.41, 5.74) is 0.199. The highest BCUT2D eigenvalue weighted by Gasteiger charge is 2.35. The van der Waals surface area contributed by atoms with Crippen LogP contribution in [0.2, 0.25) is 0 Å². The number of carbonyl (C=O) groups is 1.